The molecule has 0 aliphatic heterocycles. The summed E-state index contributed by atoms with van der Waals surface area (Å²) in [5.41, 5.74) is 0. The number of allylic oxidation sites excluding steroid dienone is 2. The predicted octanol–water partition coefficient (Wildman–Crippen LogP) is 2.93. The van der Waals surface area contributed by atoms with Crippen molar-refractivity contribution in [3.63, 3.8) is 0 Å². The minimum Gasteiger partial charge on any atom is -0.463 e. The van der Waals surface area contributed by atoms with Crippen molar-refractivity contribution < 1.29 is 9.53 Å². The van der Waals surface area contributed by atoms with E-state index in [0.717, 1.165) is 6.42 Å². The Balaban J connectivity index is 2.02. The first-order valence-electron chi connectivity index (χ1n) is 6.05. The molecule has 0 saturated heterocycles. The summed E-state index contributed by atoms with van der Waals surface area (Å²) in [7, 11) is 0. The summed E-state index contributed by atoms with van der Waals surface area (Å²) in [6.45, 7) is 3.84. The number of esters is 1. The van der Waals surface area contributed by atoms with Crippen molar-refractivity contribution >= 4 is 5.97 Å². The average molecular weight is 208 g/mol. The van der Waals surface area contributed by atoms with Gasteiger partial charge in [0.1, 0.15) is 0 Å². The third-order valence-corrected chi connectivity index (χ3v) is 3.57. The minimum absolute atomic E-state index is 0.0169. The normalized spacial score (nSPS) is 34.2. The highest BCUT2D eigenvalue weighted by molar-refractivity contribution is 5.73. The molecule has 2 aliphatic rings. The highest BCUT2D eigenvalue weighted by atomic mass is 16.5. The van der Waals surface area contributed by atoms with Gasteiger partial charge in [-0.05, 0) is 44.9 Å². The molecule has 84 valence electrons. The minimum atomic E-state index is 0.0169. The van der Waals surface area contributed by atoms with Crippen molar-refractivity contribution in [2.75, 3.05) is 0 Å². The maximum Gasteiger partial charge on any atom is 0.309 e. The maximum absolute atomic E-state index is 11.9. The molecule has 0 heterocycles. The fraction of sp³-hybridized carbons (Fsp3) is 0.769. The van der Waals surface area contributed by atoms with Crippen molar-refractivity contribution in [2.24, 2.45) is 17.8 Å². The zero-order chi connectivity index (χ0) is 10.8. The van der Waals surface area contributed by atoms with E-state index in [1.165, 1.54) is 19.3 Å². The second-order valence-corrected chi connectivity index (χ2v) is 5.01. The molecule has 0 aromatic carbocycles. The Hall–Kier alpha value is -0.790. The van der Waals surface area contributed by atoms with E-state index in [2.05, 4.69) is 12.2 Å². The van der Waals surface area contributed by atoms with Crippen LogP contribution in [-0.2, 0) is 9.53 Å². The van der Waals surface area contributed by atoms with Gasteiger partial charge < -0.3 is 4.74 Å². The van der Waals surface area contributed by atoms with Crippen LogP contribution < -0.4 is 0 Å². The first-order valence-corrected chi connectivity index (χ1v) is 6.05. The largest absolute Gasteiger partial charge is 0.463 e. The van der Waals surface area contributed by atoms with Gasteiger partial charge in [0, 0.05) is 0 Å². The van der Waals surface area contributed by atoms with Crippen molar-refractivity contribution in [3.8, 4) is 0 Å². The van der Waals surface area contributed by atoms with Crippen LogP contribution in [-0.4, -0.2) is 12.1 Å². The van der Waals surface area contributed by atoms with E-state index < -0.39 is 0 Å². The van der Waals surface area contributed by atoms with Crippen molar-refractivity contribution in [3.05, 3.63) is 12.2 Å². The predicted molar refractivity (Wildman–Crippen MR) is 59.3 cm³/mol. The van der Waals surface area contributed by atoms with Gasteiger partial charge in [-0.1, -0.05) is 18.6 Å². The van der Waals surface area contributed by atoms with Crippen LogP contribution in [0.1, 0.15) is 39.5 Å². The Kier molecular flexibility index (Phi) is 3.13. The summed E-state index contributed by atoms with van der Waals surface area (Å²) in [5.74, 6) is 1.35. The molecule has 0 bridgehead atoms. The number of rotatable bonds is 2. The zero-order valence-electron chi connectivity index (χ0n) is 9.61. The first kappa shape index (κ1) is 10.7. The SMILES string of the molecule is CC(C)OC(=O)[C@@H]1CC=C[C@@H]2CCC[C@@H]21. The monoisotopic (exact) mass is 208 g/mol. The fourth-order valence-electron chi connectivity index (χ4n) is 2.92. The third-order valence-electron chi connectivity index (χ3n) is 3.57. The molecule has 15 heavy (non-hydrogen) atoms. The molecule has 3 atom stereocenters. The van der Waals surface area contributed by atoms with Gasteiger partial charge in [-0.2, -0.15) is 0 Å². The van der Waals surface area contributed by atoms with Crippen molar-refractivity contribution in [2.45, 2.75) is 45.6 Å². The molecule has 0 spiro atoms. The molecule has 0 aromatic rings. The summed E-state index contributed by atoms with van der Waals surface area (Å²) in [6, 6.07) is 0. The molecule has 0 amide bonds. The molecule has 0 aromatic heterocycles. The number of fused-ring (bicyclic) bond motifs is 1. The molecule has 2 heteroatoms. The van der Waals surface area contributed by atoms with Gasteiger partial charge in [-0.25, -0.2) is 0 Å². The number of carbonyl (C=O) groups is 1. The molecule has 0 N–H and O–H groups in total. The molecule has 2 aliphatic carbocycles. The Morgan fingerprint density at radius 2 is 2.20 bits per heavy atom. The standard InChI is InChI=1S/C13H20O2/c1-9(2)15-13(14)12-8-4-6-10-5-3-7-11(10)12/h4,6,9-12H,3,5,7-8H2,1-2H3/t10-,11-,12+/m0/s1. The highest BCUT2D eigenvalue weighted by Crippen LogP contribution is 2.42. The summed E-state index contributed by atoms with van der Waals surface area (Å²) in [5, 5.41) is 0. The molecule has 2 nitrogen and oxygen atoms in total. The van der Waals surface area contributed by atoms with Crippen LogP contribution in [0.25, 0.3) is 0 Å². The van der Waals surface area contributed by atoms with E-state index in [1.807, 2.05) is 13.8 Å². The van der Waals surface area contributed by atoms with Crippen molar-refractivity contribution in [1.82, 2.24) is 0 Å². The molecular formula is C13H20O2. The average Bonchev–Trinajstić information content (AvgIpc) is 2.63. The van der Waals surface area contributed by atoms with E-state index in [0.29, 0.717) is 11.8 Å². The maximum atomic E-state index is 11.9. The smallest absolute Gasteiger partial charge is 0.309 e. The van der Waals surface area contributed by atoms with Crippen LogP contribution in [0.15, 0.2) is 12.2 Å². The molecule has 0 radical (unpaired) electrons. The highest BCUT2D eigenvalue weighted by Gasteiger charge is 2.38. The van der Waals surface area contributed by atoms with Crippen LogP contribution in [0.3, 0.4) is 0 Å². The summed E-state index contributed by atoms with van der Waals surface area (Å²) < 4.78 is 5.33. The van der Waals surface area contributed by atoms with Gasteiger partial charge >= 0.3 is 5.97 Å². The lowest BCUT2D eigenvalue weighted by atomic mass is 9.78. The second-order valence-electron chi connectivity index (χ2n) is 5.01. The molecule has 1 fully saturated rings. The Bertz CT molecular complexity index is 268. The number of ether oxygens (including phenoxy) is 1. The lowest BCUT2D eigenvalue weighted by Gasteiger charge is -2.28. The Morgan fingerprint density at radius 1 is 1.40 bits per heavy atom. The number of hydrogen-bond donors (Lipinski definition) is 0. The summed E-state index contributed by atoms with van der Waals surface area (Å²) >= 11 is 0. The summed E-state index contributed by atoms with van der Waals surface area (Å²) in [6.07, 6.45) is 9.09. The van der Waals surface area contributed by atoms with Crippen LogP contribution in [0.5, 0.6) is 0 Å². The first-order chi connectivity index (χ1) is 7.18. The van der Waals surface area contributed by atoms with Crippen LogP contribution in [0, 0.1) is 17.8 Å². The van der Waals surface area contributed by atoms with Crippen LogP contribution in [0.4, 0.5) is 0 Å². The van der Waals surface area contributed by atoms with Crippen LogP contribution in [0.2, 0.25) is 0 Å². The van der Waals surface area contributed by atoms with Crippen molar-refractivity contribution in [1.29, 1.82) is 0 Å². The van der Waals surface area contributed by atoms with E-state index in [4.69, 9.17) is 4.74 Å². The van der Waals surface area contributed by atoms with Gasteiger partial charge in [0.15, 0.2) is 0 Å². The Morgan fingerprint density at radius 3 is 2.93 bits per heavy atom. The van der Waals surface area contributed by atoms with E-state index in [9.17, 15) is 4.79 Å². The number of hydrogen-bond acceptors (Lipinski definition) is 2. The van der Waals surface area contributed by atoms with Gasteiger partial charge in [0.05, 0.1) is 12.0 Å². The lowest BCUT2D eigenvalue weighted by Crippen LogP contribution is -2.31. The van der Waals surface area contributed by atoms with Crippen LogP contribution >= 0.6 is 0 Å². The fourth-order valence-corrected chi connectivity index (χ4v) is 2.92. The topological polar surface area (TPSA) is 26.3 Å². The van der Waals surface area contributed by atoms with Gasteiger partial charge in [-0.15, -0.1) is 0 Å². The Labute approximate surface area is 91.7 Å². The molecule has 0 unspecified atom stereocenters. The second kappa shape index (κ2) is 4.38. The quantitative estimate of drug-likeness (QED) is 0.515. The molecular weight excluding hydrogens is 188 g/mol. The van der Waals surface area contributed by atoms with Gasteiger partial charge in [-0.3, -0.25) is 4.79 Å². The number of carbonyl (C=O) groups excluding carboxylic acids is 1. The van der Waals surface area contributed by atoms with E-state index >= 15 is 0 Å². The lowest BCUT2D eigenvalue weighted by molar-refractivity contribution is -0.154. The molecule has 2 rings (SSSR count). The summed E-state index contributed by atoms with van der Waals surface area (Å²) in [4.78, 5) is 11.9. The van der Waals surface area contributed by atoms with Gasteiger partial charge in [0.25, 0.3) is 0 Å². The third kappa shape index (κ3) is 2.24. The van der Waals surface area contributed by atoms with E-state index in [1.54, 1.807) is 0 Å². The van der Waals surface area contributed by atoms with Gasteiger partial charge in [0.2, 0.25) is 0 Å². The van der Waals surface area contributed by atoms with E-state index in [-0.39, 0.29) is 18.0 Å². The zero-order valence-corrected chi connectivity index (χ0v) is 9.61. The molecule has 1 saturated carbocycles.